The van der Waals surface area contributed by atoms with E-state index in [0.717, 1.165) is 5.56 Å². The van der Waals surface area contributed by atoms with Crippen molar-refractivity contribution in [2.75, 3.05) is 5.32 Å². The molecular formula is C11H10N4O. The Labute approximate surface area is 92.6 Å². The summed E-state index contributed by atoms with van der Waals surface area (Å²) < 4.78 is 0. The van der Waals surface area contributed by atoms with E-state index < -0.39 is 0 Å². The van der Waals surface area contributed by atoms with Gasteiger partial charge in [-0.1, -0.05) is 6.07 Å². The standard InChI is InChI=1S/C11H10N4O/c16-10(7-9-3-1-4-12-8-9)15-11-13-5-2-6-14-11/h1-6,8H,7H2,(H,13,14,15,16). The molecule has 0 saturated heterocycles. The number of anilines is 1. The highest BCUT2D eigenvalue weighted by molar-refractivity contribution is 5.90. The van der Waals surface area contributed by atoms with E-state index in [-0.39, 0.29) is 12.3 Å². The molecule has 0 radical (unpaired) electrons. The van der Waals surface area contributed by atoms with Gasteiger partial charge in [-0.3, -0.25) is 15.1 Å². The summed E-state index contributed by atoms with van der Waals surface area (Å²) in [6.45, 7) is 0. The van der Waals surface area contributed by atoms with Crippen molar-refractivity contribution in [1.29, 1.82) is 0 Å². The lowest BCUT2D eigenvalue weighted by molar-refractivity contribution is -0.115. The van der Waals surface area contributed by atoms with Gasteiger partial charge in [0.2, 0.25) is 11.9 Å². The predicted octanol–water partition coefficient (Wildman–Crippen LogP) is 1.05. The van der Waals surface area contributed by atoms with Gasteiger partial charge in [0, 0.05) is 24.8 Å². The molecule has 2 heterocycles. The first-order valence-corrected chi connectivity index (χ1v) is 4.80. The first kappa shape index (κ1) is 10.2. The Kier molecular flexibility index (Phi) is 3.18. The number of carbonyl (C=O) groups excluding carboxylic acids is 1. The molecule has 0 bridgehead atoms. The van der Waals surface area contributed by atoms with E-state index in [2.05, 4.69) is 20.3 Å². The number of nitrogens with zero attached hydrogens (tertiary/aromatic N) is 3. The third-order valence-corrected chi connectivity index (χ3v) is 1.90. The van der Waals surface area contributed by atoms with Gasteiger partial charge in [-0.2, -0.15) is 0 Å². The van der Waals surface area contributed by atoms with Crippen LogP contribution in [0.3, 0.4) is 0 Å². The van der Waals surface area contributed by atoms with Gasteiger partial charge in [0.15, 0.2) is 0 Å². The smallest absolute Gasteiger partial charge is 0.231 e. The highest BCUT2D eigenvalue weighted by Gasteiger charge is 2.04. The molecule has 2 aromatic heterocycles. The molecule has 0 aromatic carbocycles. The van der Waals surface area contributed by atoms with Gasteiger partial charge >= 0.3 is 0 Å². The van der Waals surface area contributed by atoms with Crippen molar-refractivity contribution in [3.05, 3.63) is 48.5 Å². The van der Waals surface area contributed by atoms with Crippen LogP contribution in [0.4, 0.5) is 5.95 Å². The third kappa shape index (κ3) is 2.84. The molecule has 16 heavy (non-hydrogen) atoms. The van der Waals surface area contributed by atoms with E-state index in [4.69, 9.17) is 0 Å². The van der Waals surface area contributed by atoms with Crippen molar-refractivity contribution in [2.24, 2.45) is 0 Å². The summed E-state index contributed by atoms with van der Waals surface area (Å²) in [4.78, 5) is 23.3. The van der Waals surface area contributed by atoms with Crippen molar-refractivity contribution < 1.29 is 4.79 Å². The van der Waals surface area contributed by atoms with Gasteiger partial charge in [0.1, 0.15) is 0 Å². The number of carbonyl (C=O) groups is 1. The lowest BCUT2D eigenvalue weighted by atomic mass is 10.2. The Morgan fingerprint density at radius 1 is 1.19 bits per heavy atom. The van der Waals surface area contributed by atoms with E-state index in [1.165, 1.54) is 0 Å². The number of pyridine rings is 1. The van der Waals surface area contributed by atoms with Crippen LogP contribution >= 0.6 is 0 Å². The summed E-state index contributed by atoms with van der Waals surface area (Å²) >= 11 is 0. The molecular weight excluding hydrogens is 204 g/mol. The number of hydrogen-bond acceptors (Lipinski definition) is 4. The quantitative estimate of drug-likeness (QED) is 0.829. The van der Waals surface area contributed by atoms with E-state index in [9.17, 15) is 4.79 Å². The molecule has 5 nitrogen and oxygen atoms in total. The molecule has 0 fully saturated rings. The minimum atomic E-state index is -0.154. The normalized spacial score (nSPS) is 9.75. The average Bonchev–Trinajstić information content (AvgIpc) is 2.31. The molecule has 1 N–H and O–H groups in total. The Bertz CT molecular complexity index is 414. The van der Waals surface area contributed by atoms with Gasteiger partial charge in [0.25, 0.3) is 0 Å². The number of rotatable bonds is 3. The number of amides is 1. The maximum absolute atomic E-state index is 11.6. The first-order valence-electron chi connectivity index (χ1n) is 4.80. The van der Waals surface area contributed by atoms with Crippen LogP contribution < -0.4 is 5.32 Å². The lowest BCUT2D eigenvalue weighted by Crippen LogP contribution is -2.16. The molecule has 1 amide bonds. The second-order valence-corrected chi connectivity index (χ2v) is 3.16. The highest BCUT2D eigenvalue weighted by atomic mass is 16.1. The van der Waals surface area contributed by atoms with Crippen LogP contribution in [-0.2, 0) is 11.2 Å². The van der Waals surface area contributed by atoms with Crippen LogP contribution in [0, 0.1) is 0 Å². The molecule has 0 spiro atoms. The van der Waals surface area contributed by atoms with Crippen molar-refractivity contribution in [1.82, 2.24) is 15.0 Å². The maximum Gasteiger partial charge on any atom is 0.231 e. The van der Waals surface area contributed by atoms with E-state index in [0.29, 0.717) is 5.95 Å². The molecule has 0 unspecified atom stereocenters. The highest BCUT2D eigenvalue weighted by Crippen LogP contribution is 2.00. The SMILES string of the molecule is O=C(Cc1cccnc1)Nc1ncccn1. The monoisotopic (exact) mass is 214 g/mol. The number of nitrogens with one attached hydrogen (secondary N) is 1. The minimum Gasteiger partial charge on any atom is -0.294 e. The zero-order valence-electron chi connectivity index (χ0n) is 8.50. The van der Waals surface area contributed by atoms with Crippen LogP contribution in [0.25, 0.3) is 0 Å². The van der Waals surface area contributed by atoms with Crippen LogP contribution in [0.15, 0.2) is 43.0 Å². The summed E-state index contributed by atoms with van der Waals surface area (Å²) in [6.07, 6.45) is 6.75. The van der Waals surface area contributed by atoms with Crippen LogP contribution in [0.2, 0.25) is 0 Å². The van der Waals surface area contributed by atoms with Crippen LogP contribution in [0.5, 0.6) is 0 Å². The zero-order valence-corrected chi connectivity index (χ0v) is 8.50. The van der Waals surface area contributed by atoms with E-state index in [1.54, 1.807) is 36.9 Å². The molecule has 2 rings (SSSR count). The first-order chi connectivity index (χ1) is 7.84. The molecule has 0 aliphatic rings. The Morgan fingerprint density at radius 3 is 2.69 bits per heavy atom. The average molecular weight is 214 g/mol. The largest absolute Gasteiger partial charge is 0.294 e. The Morgan fingerprint density at radius 2 is 2.00 bits per heavy atom. The van der Waals surface area contributed by atoms with Crippen LogP contribution in [-0.4, -0.2) is 20.9 Å². The van der Waals surface area contributed by atoms with E-state index >= 15 is 0 Å². The summed E-state index contributed by atoms with van der Waals surface area (Å²) in [5.74, 6) is 0.163. The fourth-order valence-corrected chi connectivity index (χ4v) is 1.22. The van der Waals surface area contributed by atoms with Crippen molar-refractivity contribution in [3.63, 3.8) is 0 Å². The molecule has 0 atom stereocenters. The van der Waals surface area contributed by atoms with Crippen molar-refractivity contribution >= 4 is 11.9 Å². The van der Waals surface area contributed by atoms with Gasteiger partial charge in [-0.05, 0) is 17.7 Å². The van der Waals surface area contributed by atoms with Crippen LogP contribution in [0.1, 0.15) is 5.56 Å². The molecule has 0 saturated carbocycles. The van der Waals surface area contributed by atoms with E-state index in [1.807, 2.05) is 6.07 Å². The molecule has 2 aromatic rings. The zero-order chi connectivity index (χ0) is 11.2. The van der Waals surface area contributed by atoms with Gasteiger partial charge in [-0.15, -0.1) is 0 Å². The van der Waals surface area contributed by atoms with Gasteiger partial charge < -0.3 is 0 Å². The topological polar surface area (TPSA) is 67.8 Å². The van der Waals surface area contributed by atoms with Crippen molar-refractivity contribution in [3.8, 4) is 0 Å². The van der Waals surface area contributed by atoms with Gasteiger partial charge in [0.05, 0.1) is 6.42 Å². The molecule has 80 valence electrons. The molecule has 5 heteroatoms. The Hall–Kier alpha value is -2.30. The summed E-state index contributed by atoms with van der Waals surface area (Å²) in [6, 6.07) is 5.33. The second-order valence-electron chi connectivity index (χ2n) is 3.16. The second kappa shape index (κ2) is 4.97. The summed E-state index contributed by atoms with van der Waals surface area (Å²) in [5.41, 5.74) is 0.857. The lowest BCUT2D eigenvalue weighted by Gasteiger charge is -2.02. The van der Waals surface area contributed by atoms with Crippen molar-refractivity contribution in [2.45, 2.75) is 6.42 Å². The number of aromatic nitrogens is 3. The fourth-order valence-electron chi connectivity index (χ4n) is 1.22. The summed E-state index contributed by atoms with van der Waals surface area (Å²) in [5, 5.41) is 2.60. The molecule has 0 aliphatic carbocycles. The summed E-state index contributed by atoms with van der Waals surface area (Å²) in [7, 11) is 0. The van der Waals surface area contributed by atoms with Gasteiger partial charge in [-0.25, -0.2) is 9.97 Å². The number of hydrogen-bond donors (Lipinski definition) is 1. The predicted molar refractivity (Wildman–Crippen MR) is 58.6 cm³/mol. The Balaban J connectivity index is 1.95. The fraction of sp³-hybridized carbons (Fsp3) is 0.0909. The molecule has 0 aliphatic heterocycles. The minimum absolute atomic E-state index is 0.154. The maximum atomic E-state index is 11.6. The third-order valence-electron chi connectivity index (χ3n) is 1.90.